The van der Waals surface area contributed by atoms with Gasteiger partial charge in [-0.05, 0) is 36.2 Å². The maximum Gasteiger partial charge on any atom is 0.272 e. The molecule has 1 aliphatic rings. The van der Waals surface area contributed by atoms with Gasteiger partial charge in [0.15, 0.2) is 5.16 Å². The second kappa shape index (κ2) is 10.1. The van der Waals surface area contributed by atoms with E-state index in [1.165, 1.54) is 17.3 Å². The third kappa shape index (κ3) is 5.14. The molecule has 0 aliphatic carbocycles. The minimum absolute atomic E-state index is 0.0775. The highest BCUT2D eigenvalue weighted by Crippen LogP contribution is 2.30. The van der Waals surface area contributed by atoms with Gasteiger partial charge in [-0.15, -0.1) is 11.8 Å². The van der Waals surface area contributed by atoms with Crippen LogP contribution in [0.1, 0.15) is 11.3 Å². The van der Waals surface area contributed by atoms with E-state index in [4.69, 9.17) is 9.72 Å². The number of thioether (sulfide) groups is 2. The molecule has 1 aliphatic heterocycles. The molecule has 160 valence electrons. The number of nitrogens with zero attached hydrogens (tertiary/aromatic N) is 2. The van der Waals surface area contributed by atoms with E-state index in [1.807, 2.05) is 54.6 Å². The molecule has 2 aromatic carbocycles. The van der Waals surface area contributed by atoms with Gasteiger partial charge in [0.25, 0.3) is 5.56 Å². The standard InChI is InChI=1S/C23H23N3O3S2/c1-29-18-9-7-17(8-10-18)26-22(28)21-19(12-14-30-21)25-23(26)31-15-20(27)24-13-11-16-5-3-2-4-6-16/h2-10H,11-15H2,1H3,(H,24,27). The number of methoxy groups -OCH3 is 1. The van der Waals surface area contributed by atoms with Crippen LogP contribution in [0.15, 0.2) is 69.4 Å². The van der Waals surface area contributed by atoms with Crippen LogP contribution in [0.25, 0.3) is 5.69 Å². The average molecular weight is 454 g/mol. The molecule has 0 atom stereocenters. The lowest BCUT2D eigenvalue weighted by Crippen LogP contribution is -2.28. The number of nitrogens with one attached hydrogen (secondary N) is 1. The third-order valence-corrected chi connectivity index (χ3v) is 6.95. The fourth-order valence-corrected chi connectivity index (χ4v) is 5.20. The van der Waals surface area contributed by atoms with E-state index in [1.54, 1.807) is 23.4 Å². The maximum atomic E-state index is 13.2. The molecule has 4 rings (SSSR count). The van der Waals surface area contributed by atoms with Crippen molar-refractivity contribution in [1.82, 2.24) is 14.9 Å². The molecule has 0 bridgehead atoms. The zero-order valence-corrected chi connectivity index (χ0v) is 18.8. The number of carbonyl (C=O) groups is 1. The molecule has 6 nitrogen and oxygen atoms in total. The molecule has 0 saturated heterocycles. The normalized spacial score (nSPS) is 12.4. The van der Waals surface area contributed by atoms with Crippen LogP contribution in [-0.4, -0.2) is 40.6 Å². The van der Waals surface area contributed by atoms with Crippen LogP contribution in [0.5, 0.6) is 5.75 Å². The van der Waals surface area contributed by atoms with Crippen LogP contribution in [-0.2, 0) is 17.6 Å². The van der Waals surface area contributed by atoms with Gasteiger partial charge in [0.05, 0.1) is 29.1 Å². The van der Waals surface area contributed by atoms with Crippen molar-refractivity contribution < 1.29 is 9.53 Å². The summed E-state index contributed by atoms with van der Waals surface area (Å²) < 4.78 is 6.82. The number of ether oxygens (including phenoxy) is 1. The fraction of sp³-hybridized carbons (Fsp3) is 0.261. The first-order valence-corrected chi connectivity index (χ1v) is 12.0. The monoisotopic (exact) mass is 453 g/mol. The van der Waals surface area contributed by atoms with Crippen molar-refractivity contribution in [2.45, 2.75) is 22.9 Å². The topological polar surface area (TPSA) is 73.2 Å². The van der Waals surface area contributed by atoms with Crippen molar-refractivity contribution in [1.29, 1.82) is 0 Å². The van der Waals surface area contributed by atoms with Crippen molar-refractivity contribution in [2.75, 3.05) is 25.2 Å². The summed E-state index contributed by atoms with van der Waals surface area (Å²) in [5, 5.41) is 3.48. The highest BCUT2D eigenvalue weighted by atomic mass is 32.2. The van der Waals surface area contributed by atoms with Gasteiger partial charge in [-0.3, -0.25) is 14.2 Å². The average Bonchev–Trinajstić information content (AvgIpc) is 3.28. The molecule has 0 unspecified atom stereocenters. The lowest BCUT2D eigenvalue weighted by atomic mass is 10.1. The minimum atomic E-state index is -0.0790. The van der Waals surface area contributed by atoms with E-state index in [2.05, 4.69) is 5.32 Å². The van der Waals surface area contributed by atoms with E-state index in [0.717, 1.165) is 24.3 Å². The van der Waals surface area contributed by atoms with E-state index < -0.39 is 0 Å². The highest BCUT2D eigenvalue weighted by molar-refractivity contribution is 8.00. The number of amides is 1. The van der Waals surface area contributed by atoms with Gasteiger partial charge < -0.3 is 10.1 Å². The lowest BCUT2D eigenvalue weighted by molar-refractivity contribution is -0.118. The maximum absolute atomic E-state index is 13.2. The molecule has 8 heteroatoms. The Bertz CT molecular complexity index is 1120. The molecule has 3 aromatic rings. The summed E-state index contributed by atoms with van der Waals surface area (Å²) in [6.45, 7) is 0.572. The summed E-state index contributed by atoms with van der Waals surface area (Å²) in [5.41, 5.74) is 2.64. The molecule has 1 aromatic heterocycles. The summed E-state index contributed by atoms with van der Waals surface area (Å²) >= 11 is 2.83. The van der Waals surface area contributed by atoms with E-state index in [0.29, 0.717) is 28.0 Å². The molecule has 0 fully saturated rings. The number of fused-ring (bicyclic) bond motifs is 1. The van der Waals surface area contributed by atoms with Crippen molar-refractivity contribution in [2.24, 2.45) is 0 Å². The van der Waals surface area contributed by atoms with E-state index in [9.17, 15) is 9.59 Å². The third-order valence-electron chi connectivity index (χ3n) is 4.91. The highest BCUT2D eigenvalue weighted by Gasteiger charge is 2.23. The summed E-state index contributed by atoms with van der Waals surface area (Å²) in [5.74, 6) is 1.69. The smallest absolute Gasteiger partial charge is 0.272 e. The molecular formula is C23H23N3O3S2. The van der Waals surface area contributed by atoms with Crippen LogP contribution in [0.2, 0.25) is 0 Å². The predicted octanol–water partition coefficient (Wildman–Crippen LogP) is 3.34. The number of hydrogen-bond donors (Lipinski definition) is 1. The first-order valence-electron chi connectivity index (χ1n) is 10.0. The van der Waals surface area contributed by atoms with Crippen LogP contribution in [0, 0.1) is 0 Å². The first kappa shape index (κ1) is 21.5. The number of aryl methyl sites for hydroxylation is 1. The van der Waals surface area contributed by atoms with Gasteiger partial charge in [0, 0.05) is 18.7 Å². The van der Waals surface area contributed by atoms with Crippen molar-refractivity contribution in [3.8, 4) is 11.4 Å². The fourth-order valence-electron chi connectivity index (χ4n) is 3.32. The molecule has 0 spiro atoms. The van der Waals surface area contributed by atoms with Gasteiger partial charge in [-0.2, -0.15) is 0 Å². The molecule has 2 heterocycles. The molecule has 0 saturated carbocycles. The molecule has 1 N–H and O–H groups in total. The zero-order chi connectivity index (χ0) is 21.6. The van der Waals surface area contributed by atoms with E-state index >= 15 is 0 Å². The molecule has 1 amide bonds. The molecule has 0 radical (unpaired) electrons. The Kier molecular flexibility index (Phi) is 6.99. The Labute approximate surface area is 189 Å². The Morgan fingerprint density at radius 3 is 2.71 bits per heavy atom. The Balaban J connectivity index is 1.48. The first-order chi connectivity index (χ1) is 15.2. The predicted molar refractivity (Wildman–Crippen MR) is 125 cm³/mol. The summed E-state index contributed by atoms with van der Waals surface area (Å²) in [6.07, 6.45) is 1.55. The van der Waals surface area contributed by atoms with Crippen molar-refractivity contribution in [3.63, 3.8) is 0 Å². The zero-order valence-electron chi connectivity index (χ0n) is 17.2. The van der Waals surface area contributed by atoms with Crippen LogP contribution >= 0.6 is 23.5 Å². The summed E-state index contributed by atoms with van der Waals surface area (Å²) in [6, 6.07) is 17.3. The Morgan fingerprint density at radius 1 is 1.19 bits per heavy atom. The second-order valence-corrected chi connectivity index (χ2v) is 9.03. The van der Waals surface area contributed by atoms with Gasteiger partial charge >= 0.3 is 0 Å². The van der Waals surface area contributed by atoms with Gasteiger partial charge in [-0.25, -0.2) is 4.98 Å². The number of rotatable bonds is 8. The van der Waals surface area contributed by atoms with Gasteiger partial charge in [-0.1, -0.05) is 42.1 Å². The van der Waals surface area contributed by atoms with E-state index in [-0.39, 0.29) is 17.2 Å². The largest absolute Gasteiger partial charge is 0.497 e. The summed E-state index contributed by atoms with van der Waals surface area (Å²) in [4.78, 5) is 31.0. The second-order valence-electron chi connectivity index (χ2n) is 6.98. The lowest BCUT2D eigenvalue weighted by Gasteiger charge is -2.14. The number of benzene rings is 2. The van der Waals surface area contributed by atoms with Crippen LogP contribution in [0.3, 0.4) is 0 Å². The Hall–Kier alpha value is -2.71. The quantitative estimate of drug-likeness (QED) is 0.417. The van der Waals surface area contributed by atoms with Crippen LogP contribution < -0.4 is 15.6 Å². The molecule has 31 heavy (non-hydrogen) atoms. The molecular weight excluding hydrogens is 430 g/mol. The SMILES string of the molecule is COc1ccc(-n2c(SCC(=O)NCCc3ccccc3)nc3c(c2=O)SCC3)cc1. The minimum Gasteiger partial charge on any atom is -0.497 e. The summed E-state index contributed by atoms with van der Waals surface area (Å²) in [7, 11) is 1.60. The van der Waals surface area contributed by atoms with Crippen molar-refractivity contribution >= 4 is 29.4 Å². The Morgan fingerprint density at radius 2 is 1.97 bits per heavy atom. The van der Waals surface area contributed by atoms with Gasteiger partial charge in [0.1, 0.15) is 5.75 Å². The van der Waals surface area contributed by atoms with Crippen LogP contribution in [0.4, 0.5) is 0 Å². The number of carbonyl (C=O) groups excluding carboxylic acids is 1. The number of hydrogen-bond acceptors (Lipinski definition) is 6. The number of aromatic nitrogens is 2. The van der Waals surface area contributed by atoms with Crippen molar-refractivity contribution in [3.05, 3.63) is 76.2 Å². The van der Waals surface area contributed by atoms with Gasteiger partial charge in [0.2, 0.25) is 5.91 Å².